The van der Waals surface area contributed by atoms with E-state index in [0.717, 1.165) is 10.0 Å². The third-order valence-corrected chi connectivity index (χ3v) is 3.94. The van der Waals surface area contributed by atoms with Gasteiger partial charge < -0.3 is 5.73 Å². The van der Waals surface area contributed by atoms with Crippen LogP contribution in [0.4, 0.5) is 4.39 Å². The smallest absolute Gasteiger partial charge is 0.127 e. The van der Waals surface area contributed by atoms with Crippen molar-refractivity contribution in [1.82, 2.24) is 0 Å². The molecule has 1 atom stereocenters. The molecule has 0 aliphatic carbocycles. The van der Waals surface area contributed by atoms with Crippen LogP contribution in [0, 0.1) is 5.82 Å². The molecule has 1 nitrogen and oxygen atoms in total. The van der Waals surface area contributed by atoms with Crippen molar-refractivity contribution in [3.05, 3.63) is 67.3 Å². The van der Waals surface area contributed by atoms with Crippen molar-refractivity contribution in [1.29, 1.82) is 0 Å². The van der Waals surface area contributed by atoms with E-state index in [2.05, 4.69) is 31.9 Å². The fourth-order valence-electron chi connectivity index (χ4n) is 1.83. The zero-order valence-electron chi connectivity index (χ0n) is 9.84. The van der Waals surface area contributed by atoms with Crippen LogP contribution in [0.5, 0.6) is 0 Å². The summed E-state index contributed by atoms with van der Waals surface area (Å²) < 4.78 is 15.3. The monoisotopic (exact) mass is 405 g/mol. The van der Waals surface area contributed by atoms with Gasteiger partial charge >= 0.3 is 0 Å². The van der Waals surface area contributed by atoms with Crippen LogP contribution in [0.1, 0.15) is 17.2 Å². The van der Waals surface area contributed by atoms with Gasteiger partial charge in [-0.2, -0.15) is 0 Å². The molecule has 0 bridgehead atoms. The second kappa shape index (κ2) is 6.35. The van der Waals surface area contributed by atoms with Crippen LogP contribution in [0.3, 0.4) is 0 Å². The highest BCUT2D eigenvalue weighted by molar-refractivity contribution is 9.10. The number of nitrogens with two attached hydrogens (primary N) is 1. The van der Waals surface area contributed by atoms with E-state index in [1.165, 1.54) is 6.07 Å². The molecule has 0 aliphatic heterocycles. The maximum atomic E-state index is 13.8. The van der Waals surface area contributed by atoms with Crippen molar-refractivity contribution in [3.8, 4) is 0 Å². The number of hydrogen-bond acceptors (Lipinski definition) is 1. The van der Waals surface area contributed by atoms with Crippen LogP contribution in [-0.2, 0) is 6.42 Å². The van der Waals surface area contributed by atoms with Gasteiger partial charge in [0, 0.05) is 20.0 Å². The summed E-state index contributed by atoms with van der Waals surface area (Å²) in [4.78, 5) is 0. The van der Waals surface area contributed by atoms with Gasteiger partial charge in [-0.1, -0.05) is 49.5 Å². The first kappa shape index (κ1) is 15.0. The quantitative estimate of drug-likeness (QED) is 0.739. The van der Waals surface area contributed by atoms with Crippen molar-refractivity contribution >= 4 is 43.5 Å². The minimum Gasteiger partial charge on any atom is -0.324 e. The molecular weight excluding hydrogens is 396 g/mol. The summed E-state index contributed by atoms with van der Waals surface area (Å²) in [7, 11) is 0. The van der Waals surface area contributed by atoms with Crippen LogP contribution >= 0.6 is 43.5 Å². The summed E-state index contributed by atoms with van der Waals surface area (Å²) in [5.74, 6) is -0.258. The molecule has 0 spiro atoms. The third-order valence-electron chi connectivity index (χ3n) is 2.77. The van der Waals surface area contributed by atoms with E-state index in [0.29, 0.717) is 21.5 Å². The number of hydrogen-bond donors (Lipinski definition) is 1. The Labute approximate surface area is 133 Å². The lowest BCUT2D eigenvalue weighted by atomic mass is 9.99. The molecule has 2 aromatic carbocycles. The summed E-state index contributed by atoms with van der Waals surface area (Å²) in [5.41, 5.74) is 7.58. The number of halogens is 4. The van der Waals surface area contributed by atoms with Gasteiger partial charge in [0.15, 0.2) is 0 Å². The Kier molecular flexibility index (Phi) is 5.01. The van der Waals surface area contributed by atoms with Gasteiger partial charge in [-0.15, -0.1) is 0 Å². The second-order valence-corrected chi connectivity index (χ2v) is 6.52. The fraction of sp³-hybridized carbons (Fsp3) is 0.143. The molecule has 5 heteroatoms. The minimum absolute atomic E-state index is 0.258. The molecule has 2 rings (SSSR count). The van der Waals surface area contributed by atoms with E-state index in [-0.39, 0.29) is 11.9 Å². The Morgan fingerprint density at radius 1 is 1.11 bits per heavy atom. The largest absolute Gasteiger partial charge is 0.324 e. The average molecular weight is 408 g/mol. The lowest BCUT2D eigenvalue weighted by Crippen LogP contribution is -2.14. The van der Waals surface area contributed by atoms with Crippen molar-refractivity contribution in [2.45, 2.75) is 12.5 Å². The van der Waals surface area contributed by atoms with E-state index in [1.807, 2.05) is 6.07 Å². The highest BCUT2D eigenvalue weighted by Gasteiger charge is 2.12. The first-order valence-corrected chi connectivity index (χ1v) is 7.57. The first-order chi connectivity index (χ1) is 8.95. The molecule has 0 aromatic heterocycles. The fourth-order valence-corrected chi connectivity index (χ4v) is 3.05. The van der Waals surface area contributed by atoms with Gasteiger partial charge in [-0.25, -0.2) is 4.39 Å². The van der Waals surface area contributed by atoms with E-state index >= 15 is 0 Å². The van der Waals surface area contributed by atoms with E-state index in [9.17, 15) is 4.39 Å². The Morgan fingerprint density at radius 3 is 2.47 bits per heavy atom. The van der Waals surface area contributed by atoms with Gasteiger partial charge in [0.25, 0.3) is 0 Å². The maximum absolute atomic E-state index is 13.8. The first-order valence-electron chi connectivity index (χ1n) is 5.61. The topological polar surface area (TPSA) is 26.0 Å². The van der Waals surface area contributed by atoms with Crippen molar-refractivity contribution in [2.24, 2.45) is 5.73 Å². The summed E-state index contributed by atoms with van der Waals surface area (Å²) in [6, 6.07) is 10.2. The van der Waals surface area contributed by atoms with E-state index < -0.39 is 0 Å². The molecule has 0 amide bonds. The van der Waals surface area contributed by atoms with Crippen LogP contribution < -0.4 is 5.73 Å². The van der Waals surface area contributed by atoms with Crippen LogP contribution in [0.2, 0.25) is 5.02 Å². The summed E-state index contributed by atoms with van der Waals surface area (Å²) in [6.07, 6.45) is 0.423. The van der Waals surface area contributed by atoms with Crippen molar-refractivity contribution < 1.29 is 4.39 Å². The Hall–Kier alpha value is -0.420. The van der Waals surface area contributed by atoms with Crippen molar-refractivity contribution in [2.75, 3.05) is 0 Å². The zero-order valence-corrected chi connectivity index (χ0v) is 13.8. The summed E-state index contributed by atoms with van der Waals surface area (Å²) in [5, 5.41) is 0.608. The lowest BCUT2D eigenvalue weighted by molar-refractivity contribution is 0.592. The molecule has 1 unspecified atom stereocenters. The standard InChI is InChI=1S/C14H11Br2ClFN/c15-10-2-1-8(13(18)7-10)5-14(19)9-3-11(16)6-12(17)4-9/h1-4,6-7,14H,5,19H2. The number of benzene rings is 2. The normalized spacial score (nSPS) is 12.5. The zero-order chi connectivity index (χ0) is 14.0. The minimum atomic E-state index is -0.300. The predicted octanol–water partition coefficient (Wildman–Crippen LogP) is 5.25. The molecule has 2 aromatic rings. The molecule has 19 heavy (non-hydrogen) atoms. The molecule has 0 radical (unpaired) electrons. The molecule has 0 aliphatic rings. The van der Waals surface area contributed by atoms with Gasteiger partial charge in [-0.3, -0.25) is 0 Å². The molecule has 2 N–H and O–H groups in total. The SMILES string of the molecule is NC(Cc1ccc(Br)cc1F)c1cc(Cl)cc(Br)c1. The van der Waals surface area contributed by atoms with Crippen LogP contribution in [-0.4, -0.2) is 0 Å². The highest BCUT2D eigenvalue weighted by Crippen LogP contribution is 2.26. The van der Waals surface area contributed by atoms with Crippen molar-refractivity contribution in [3.63, 3.8) is 0 Å². The molecule has 0 fully saturated rings. The Balaban J connectivity index is 2.22. The highest BCUT2D eigenvalue weighted by atomic mass is 79.9. The number of rotatable bonds is 3. The van der Waals surface area contributed by atoms with Crippen LogP contribution in [0.15, 0.2) is 45.3 Å². The molecule has 0 saturated carbocycles. The van der Waals surface area contributed by atoms with E-state index in [1.54, 1.807) is 24.3 Å². The average Bonchev–Trinajstić information content (AvgIpc) is 2.31. The maximum Gasteiger partial charge on any atom is 0.127 e. The predicted molar refractivity (Wildman–Crippen MR) is 83.9 cm³/mol. The molecule has 0 heterocycles. The van der Waals surface area contributed by atoms with Gasteiger partial charge in [0.1, 0.15) is 5.82 Å². The van der Waals surface area contributed by atoms with Gasteiger partial charge in [-0.05, 0) is 47.9 Å². The lowest BCUT2D eigenvalue weighted by Gasteiger charge is -2.14. The van der Waals surface area contributed by atoms with E-state index in [4.69, 9.17) is 17.3 Å². The molecule has 100 valence electrons. The second-order valence-electron chi connectivity index (χ2n) is 4.25. The summed E-state index contributed by atoms with van der Waals surface area (Å²) >= 11 is 12.6. The van der Waals surface area contributed by atoms with Crippen LogP contribution in [0.25, 0.3) is 0 Å². The molecular formula is C14H11Br2ClFN. The Morgan fingerprint density at radius 2 is 1.84 bits per heavy atom. The molecule has 0 saturated heterocycles. The Bertz CT molecular complexity index is 584. The third kappa shape index (κ3) is 4.02. The van der Waals surface area contributed by atoms with Gasteiger partial charge in [0.05, 0.1) is 0 Å². The summed E-state index contributed by atoms with van der Waals surface area (Å²) in [6.45, 7) is 0. The van der Waals surface area contributed by atoms with Gasteiger partial charge in [0.2, 0.25) is 0 Å².